The molecule has 0 bridgehead atoms. The summed E-state index contributed by atoms with van der Waals surface area (Å²) in [6.07, 6.45) is 12.3. The Morgan fingerprint density at radius 1 is 0.773 bits per heavy atom. The minimum Gasteiger partial charge on any atom is -0.305 e. The van der Waals surface area contributed by atoms with Crippen molar-refractivity contribution in [3.05, 3.63) is 126 Å². The number of hydrogen-bond acceptors (Lipinski definition) is 2. The molecule has 2 aromatic heterocycles. The predicted octanol–water partition coefficient (Wildman–Crippen LogP) is 9.88. The zero-order chi connectivity index (χ0) is 30.2. The average molecular weight is 777 g/mol. The van der Waals surface area contributed by atoms with Gasteiger partial charge in [0.25, 0.3) is 0 Å². The van der Waals surface area contributed by atoms with Crippen LogP contribution in [0.25, 0.3) is 33.6 Å². The average Bonchev–Trinajstić information content (AvgIpc) is 3.03. The third-order valence-electron chi connectivity index (χ3n) is 8.26. The molecule has 0 atom stereocenters. The molecule has 5 heteroatoms. The van der Waals surface area contributed by atoms with Crippen LogP contribution in [0.3, 0.4) is 0 Å². The molecule has 0 saturated heterocycles. The predicted molar refractivity (Wildman–Crippen MR) is 180 cm³/mol. The summed E-state index contributed by atoms with van der Waals surface area (Å²) in [7, 11) is -1.36. The summed E-state index contributed by atoms with van der Waals surface area (Å²) in [6.45, 7) is 9.30. The van der Waals surface area contributed by atoms with Gasteiger partial charge in [0, 0.05) is 32.5 Å². The Labute approximate surface area is 277 Å². The first-order valence-corrected chi connectivity index (χ1v) is 18.9. The molecule has 0 spiro atoms. The molecule has 1 aliphatic carbocycles. The first-order valence-electron chi connectivity index (χ1n) is 15.4. The Hall–Kier alpha value is -3.24. The summed E-state index contributed by atoms with van der Waals surface area (Å²) in [5.41, 5.74) is 8.69. The van der Waals surface area contributed by atoms with Crippen LogP contribution in [0.4, 0.5) is 4.39 Å². The van der Waals surface area contributed by atoms with E-state index in [0.717, 1.165) is 45.1 Å². The Morgan fingerprint density at radius 3 is 1.93 bits per heavy atom. The summed E-state index contributed by atoms with van der Waals surface area (Å²) >= 11 is 0. The fraction of sp³-hybridized carbons (Fsp3) is 0.282. The summed E-state index contributed by atoms with van der Waals surface area (Å²) < 4.78 is 13.0. The molecular formula is C39H41FIrN2Si-2. The molecule has 44 heavy (non-hydrogen) atoms. The zero-order valence-corrected chi connectivity index (χ0v) is 29.6. The summed E-state index contributed by atoms with van der Waals surface area (Å²) in [5.74, 6) is 0.644. The molecule has 6 rings (SSSR count). The van der Waals surface area contributed by atoms with Crippen molar-refractivity contribution < 1.29 is 24.5 Å². The minimum atomic E-state index is -1.36. The molecule has 1 saturated carbocycles. The number of nitrogens with zero attached hydrogens (tertiary/aromatic N) is 2. The molecule has 1 fully saturated rings. The molecule has 3 aromatic carbocycles. The van der Waals surface area contributed by atoms with Crippen LogP contribution in [0, 0.1) is 30.8 Å². The third kappa shape index (κ3) is 8.91. The monoisotopic (exact) mass is 777 g/mol. The molecule has 0 aliphatic heterocycles. The van der Waals surface area contributed by atoms with Crippen LogP contribution >= 0.6 is 0 Å². The van der Waals surface area contributed by atoms with E-state index in [-0.39, 0.29) is 25.9 Å². The molecule has 0 N–H and O–H groups in total. The van der Waals surface area contributed by atoms with Crippen LogP contribution in [-0.2, 0) is 26.5 Å². The molecule has 2 nitrogen and oxygen atoms in total. The SMILES string of the molecule is C[Si](C)(C)c1cnc(-c2[c-]cccc2)cc1CC1CCCCC1.Cc1cnc(-c2[c-]cccc2)cc1-c1ccc(F)cc1.[Ir]. The molecule has 1 radical (unpaired) electrons. The van der Waals surface area contributed by atoms with E-state index in [2.05, 4.69) is 61.2 Å². The topological polar surface area (TPSA) is 25.8 Å². The van der Waals surface area contributed by atoms with Crippen LogP contribution in [0.15, 0.2) is 97.3 Å². The van der Waals surface area contributed by atoms with Gasteiger partial charge in [-0.2, -0.15) is 0 Å². The number of hydrogen-bond donors (Lipinski definition) is 0. The van der Waals surface area contributed by atoms with Gasteiger partial charge in [-0.25, -0.2) is 4.39 Å². The Balaban J connectivity index is 0.000000198. The van der Waals surface area contributed by atoms with Gasteiger partial charge in [-0.1, -0.05) is 81.6 Å². The second-order valence-electron chi connectivity index (χ2n) is 12.6. The number of rotatable bonds is 6. The van der Waals surface area contributed by atoms with E-state index in [1.807, 2.05) is 55.6 Å². The van der Waals surface area contributed by atoms with Crippen molar-refractivity contribution in [3.8, 4) is 33.6 Å². The molecule has 2 heterocycles. The molecule has 0 amide bonds. The van der Waals surface area contributed by atoms with E-state index < -0.39 is 8.07 Å². The van der Waals surface area contributed by atoms with E-state index in [4.69, 9.17) is 4.98 Å². The molecule has 5 aromatic rings. The van der Waals surface area contributed by atoms with Gasteiger partial charge in [0.05, 0.1) is 8.07 Å². The normalized spacial score (nSPS) is 13.4. The van der Waals surface area contributed by atoms with E-state index in [9.17, 15) is 4.39 Å². The first kappa shape index (κ1) is 33.6. The Morgan fingerprint density at radius 2 is 1.36 bits per heavy atom. The Kier molecular flexibility index (Phi) is 12.0. The standard InChI is InChI=1S/C21H28NSi.C18H13FN.Ir/c1-23(2,3)21-16-22-20(18-12-8-5-9-13-18)15-19(21)14-17-10-6-4-7-11-17;1-13-12-20-18(15-5-3-2-4-6-15)11-17(13)14-7-9-16(19)10-8-14;/h5,8-9,12,15-17H,4,6-7,10-11,14H2,1-3H3;2-5,7-12H,1H3;/q2*-1;. The molecular weight excluding hydrogens is 736 g/mol. The minimum absolute atomic E-state index is 0. The van der Waals surface area contributed by atoms with Crippen molar-refractivity contribution in [2.45, 2.75) is 65.1 Å². The van der Waals surface area contributed by atoms with Gasteiger partial charge in [-0.3, -0.25) is 0 Å². The van der Waals surface area contributed by atoms with Gasteiger partial charge in [0.1, 0.15) is 5.82 Å². The number of halogens is 1. The van der Waals surface area contributed by atoms with Crippen molar-refractivity contribution >= 4 is 13.3 Å². The molecule has 1 aliphatic rings. The fourth-order valence-electron chi connectivity index (χ4n) is 5.91. The van der Waals surface area contributed by atoms with E-state index in [1.165, 1.54) is 50.7 Å². The Bertz CT molecular complexity index is 1610. The molecule has 0 unspecified atom stereocenters. The van der Waals surface area contributed by atoms with Gasteiger partial charge in [0.2, 0.25) is 0 Å². The van der Waals surface area contributed by atoms with Gasteiger partial charge < -0.3 is 9.97 Å². The van der Waals surface area contributed by atoms with Gasteiger partial charge in [-0.15, -0.1) is 71.8 Å². The van der Waals surface area contributed by atoms with Crippen LogP contribution in [0.1, 0.15) is 43.2 Å². The number of pyridine rings is 2. The summed E-state index contributed by atoms with van der Waals surface area (Å²) in [4.78, 5) is 9.22. The van der Waals surface area contributed by atoms with Crippen LogP contribution < -0.4 is 5.19 Å². The smallest absolute Gasteiger partial charge is 0.123 e. The summed E-state index contributed by atoms with van der Waals surface area (Å²) in [5, 5.41) is 1.54. The van der Waals surface area contributed by atoms with E-state index >= 15 is 0 Å². The quantitative estimate of drug-likeness (QED) is 0.127. The third-order valence-corrected chi connectivity index (χ3v) is 10.3. The van der Waals surface area contributed by atoms with Crippen molar-refractivity contribution in [2.24, 2.45) is 5.92 Å². The fourth-order valence-corrected chi connectivity index (χ4v) is 7.50. The molecule has 229 valence electrons. The van der Waals surface area contributed by atoms with Crippen molar-refractivity contribution in [1.82, 2.24) is 9.97 Å². The maximum absolute atomic E-state index is 13.0. The number of benzene rings is 3. The number of aryl methyl sites for hydroxylation is 1. The zero-order valence-electron chi connectivity index (χ0n) is 26.2. The maximum Gasteiger partial charge on any atom is 0.123 e. The second-order valence-corrected chi connectivity index (χ2v) is 17.7. The van der Waals surface area contributed by atoms with Crippen molar-refractivity contribution in [2.75, 3.05) is 0 Å². The van der Waals surface area contributed by atoms with Crippen molar-refractivity contribution in [1.29, 1.82) is 0 Å². The van der Waals surface area contributed by atoms with Gasteiger partial charge in [0.15, 0.2) is 0 Å². The van der Waals surface area contributed by atoms with E-state index in [0.29, 0.717) is 0 Å². The first-order chi connectivity index (χ1) is 20.8. The van der Waals surface area contributed by atoms with Crippen LogP contribution in [-0.4, -0.2) is 18.0 Å². The van der Waals surface area contributed by atoms with Gasteiger partial charge in [-0.05, 0) is 64.7 Å². The second kappa shape index (κ2) is 15.7. The maximum atomic E-state index is 13.0. The van der Waals surface area contributed by atoms with Gasteiger partial charge >= 0.3 is 0 Å². The number of aromatic nitrogens is 2. The van der Waals surface area contributed by atoms with E-state index in [1.54, 1.807) is 22.9 Å². The summed E-state index contributed by atoms with van der Waals surface area (Å²) in [6, 6.07) is 33.3. The van der Waals surface area contributed by atoms with Crippen LogP contribution in [0.2, 0.25) is 19.6 Å². The van der Waals surface area contributed by atoms with Crippen molar-refractivity contribution in [3.63, 3.8) is 0 Å². The largest absolute Gasteiger partial charge is 0.305 e. The van der Waals surface area contributed by atoms with Crippen LogP contribution in [0.5, 0.6) is 0 Å².